The van der Waals surface area contributed by atoms with Crippen molar-refractivity contribution >= 4 is 11.9 Å². The molecular formula is C11H20N2O3. The van der Waals surface area contributed by atoms with E-state index >= 15 is 0 Å². The van der Waals surface area contributed by atoms with Crippen molar-refractivity contribution in [3.63, 3.8) is 0 Å². The highest BCUT2D eigenvalue weighted by atomic mass is 16.4. The van der Waals surface area contributed by atoms with Gasteiger partial charge in [0.25, 0.3) is 5.91 Å². The number of hydrogen-bond donors (Lipinski definition) is 0. The van der Waals surface area contributed by atoms with Crippen LogP contribution in [0, 0.1) is 0 Å². The van der Waals surface area contributed by atoms with Crippen LogP contribution in [0.4, 0.5) is 0 Å². The first-order valence-corrected chi connectivity index (χ1v) is 5.57. The Balaban J connectivity index is 2.77. The summed E-state index contributed by atoms with van der Waals surface area (Å²) in [5.41, 5.74) is 0. The van der Waals surface area contributed by atoms with Gasteiger partial charge in [-0.2, -0.15) is 0 Å². The van der Waals surface area contributed by atoms with Crippen molar-refractivity contribution in [3.05, 3.63) is 0 Å². The molecule has 1 aliphatic heterocycles. The molecule has 2 atom stereocenters. The molecule has 1 saturated heterocycles. The Morgan fingerprint density at radius 2 is 1.94 bits per heavy atom. The number of likely N-dealkylation sites (N-methyl/N-ethyl adjacent to an activating group) is 1. The lowest BCUT2D eigenvalue weighted by Gasteiger charge is -2.35. The van der Waals surface area contributed by atoms with Crippen molar-refractivity contribution in [3.8, 4) is 0 Å². The molecule has 1 heterocycles. The Morgan fingerprint density at radius 1 is 1.38 bits per heavy atom. The van der Waals surface area contributed by atoms with Gasteiger partial charge in [0.05, 0.1) is 33.2 Å². The summed E-state index contributed by atoms with van der Waals surface area (Å²) in [5.74, 6) is -1.24. The van der Waals surface area contributed by atoms with E-state index in [0.717, 1.165) is 6.42 Å². The maximum atomic E-state index is 12.1. The van der Waals surface area contributed by atoms with Crippen molar-refractivity contribution in [1.82, 2.24) is 4.90 Å². The number of carbonyl (C=O) groups is 2. The lowest BCUT2D eigenvalue weighted by Crippen LogP contribution is -2.56. The van der Waals surface area contributed by atoms with Crippen LogP contribution in [0.15, 0.2) is 0 Å². The van der Waals surface area contributed by atoms with Crippen molar-refractivity contribution in [2.45, 2.75) is 31.8 Å². The van der Waals surface area contributed by atoms with Gasteiger partial charge in [0, 0.05) is 6.54 Å². The summed E-state index contributed by atoms with van der Waals surface area (Å²) in [7, 11) is 5.77. The Morgan fingerprint density at radius 3 is 2.38 bits per heavy atom. The van der Waals surface area contributed by atoms with Crippen LogP contribution >= 0.6 is 0 Å². The second-order valence-electron chi connectivity index (χ2n) is 5.30. The molecule has 92 valence electrons. The molecule has 1 unspecified atom stereocenters. The fourth-order valence-corrected chi connectivity index (χ4v) is 1.85. The molecule has 1 amide bonds. The number of nitrogens with zero attached hydrogens (tertiary/aromatic N) is 2. The molecule has 1 aliphatic rings. The quantitative estimate of drug-likeness (QED) is 0.571. The highest BCUT2D eigenvalue weighted by molar-refractivity contribution is 5.86. The van der Waals surface area contributed by atoms with Crippen molar-refractivity contribution in [2.75, 3.05) is 27.7 Å². The topological polar surface area (TPSA) is 60.4 Å². The van der Waals surface area contributed by atoms with Gasteiger partial charge in [0.2, 0.25) is 0 Å². The van der Waals surface area contributed by atoms with E-state index in [1.54, 1.807) is 0 Å². The zero-order valence-corrected chi connectivity index (χ0v) is 10.4. The first-order chi connectivity index (χ1) is 7.25. The monoisotopic (exact) mass is 228 g/mol. The van der Waals surface area contributed by atoms with E-state index in [-0.39, 0.29) is 11.9 Å². The zero-order valence-electron chi connectivity index (χ0n) is 10.4. The Hall–Kier alpha value is -1.10. The van der Waals surface area contributed by atoms with Gasteiger partial charge >= 0.3 is 0 Å². The minimum atomic E-state index is -1.14. The minimum absolute atomic E-state index is 0.0980. The molecule has 0 aromatic rings. The van der Waals surface area contributed by atoms with Gasteiger partial charge in [-0.3, -0.25) is 4.79 Å². The average Bonchev–Trinajstić information content (AvgIpc) is 2.62. The summed E-state index contributed by atoms with van der Waals surface area (Å²) in [4.78, 5) is 24.5. The first-order valence-electron chi connectivity index (χ1n) is 5.57. The third-order valence-corrected chi connectivity index (χ3v) is 3.33. The molecule has 0 N–H and O–H groups in total. The molecule has 1 fully saturated rings. The summed E-state index contributed by atoms with van der Waals surface area (Å²) in [6.07, 6.45) is 1.26. The predicted molar refractivity (Wildman–Crippen MR) is 57.2 cm³/mol. The van der Waals surface area contributed by atoms with Crippen molar-refractivity contribution in [2.24, 2.45) is 0 Å². The summed E-state index contributed by atoms with van der Waals surface area (Å²) in [6.45, 7) is 2.36. The van der Waals surface area contributed by atoms with Gasteiger partial charge in [-0.15, -0.1) is 0 Å². The molecule has 0 radical (unpaired) electrons. The van der Waals surface area contributed by atoms with Gasteiger partial charge in [0.1, 0.15) is 0 Å². The molecule has 0 aliphatic carbocycles. The van der Waals surface area contributed by atoms with Gasteiger partial charge in [-0.25, -0.2) is 0 Å². The number of carboxylic acids is 1. The van der Waals surface area contributed by atoms with Gasteiger partial charge in [-0.05, 0) is 19.8 Å². The molecule has 0 aromatic carbocycles. The van der Waals surface area contributed by atoms with Crippen LogP contribution in [0.2, 0.25) is 0 Å². The average molecular weight is 228 g/mol. The number of rotatable bonds is 3. The second kappa shape index (κ2) is 4.41. The van der Waals surface area contributed by atoms with E-state index in [4.69, 9.17) is 0 Å². The number of amides is 1. The van der Waals surface area contributed by atoms with E-state index in [0.29, 0.717) is 17.4 Å². The van der Waals surface area contributed by atoms with Crippen LogP contribution < -0.4 is 5.11 Å². The zero-order chi connectivity index (χ0) is 12.5. The normalized spacial score (nSPS) is 23.2. The SMILES string of the molecule is C[C@@H](C(=O)N1CCCC1C(=O)[O-])[N+](C)(C)C. The highest BCUT2D eigenvalue weighted by Crippen LogP contribution is 2.19. The fraction of sp³-hybridized carbons (Fsp3) is 0.818. The molecule has 1 rings (SSSR count). The van der Waals surface area contributed by atoms with E-state index in [1.807, 2.05) is 28.1 Å². The maximum Gasteiger partial charge on any atom is 0.281 e. The summed E-state index contributed by atoms with van der Waals surface area (Å²) in [6, 6.07) is -0.971. The van der Waals surface area contributed by atoms with Gasteiger partial charge in [-0.1, -0.05) is 0 Å². The van der Waals surface area contributed by atoms with Crippen LogP contribution in [-0.2, 0) is 9.59 Å². The smallest absolute Gasteiger partial charge is 0.281 e. The maximum absolute atomic E-state index is 12.1. The Kier molecular flexibility index (Phi) is 3.57. The van der Waals surface area contributed by atoms with Crippen LogP contribution in [0.25, 0.3) is 0 Å². The molecule has 16 heavy (non-hydrogen) atoms. The Bertz CT molecular complexity index is 296. The van der Waals surface area contributed by atoms with E-state index in [9.17, 15) is 14.7 Å². The molecule has 0 saturated carbocycles. The number of carboxylic acid groups (broad SMARTS) is 1. The number of carbonyl (C=O) groups excluding carboxylic acids is 2. The van der Waals surface area contributed by atoms with Crippen LogP contribution in [0.5, 0.6) is 0 Å². The fourth-order valence-electron chi connectivity index (χ4n) is 1.85. The molecular weight excluding hydrogens is 208 g/mol. The third kappa shape index (κ3) is 2.52. The molecule has 0 aromatic heterocycles. The van der Waals surface area contributed by atoms with Crippen LogP contribution in [0.3, 0.4) is 0 Å². The predicted octanol–water partition coefficient (Wildman–Crippen LogP) is -1.18. The summed E-state index contributed by atoms with van der Waals surface area (Å²) >= 11 is 0. The number of likely N-dealkylation sites (tertiary alicyclic amines) is 1. The number of hydrogen-bond acceptors (Lipinski definition) is 3. The molecule has 5 heteroatoms. The second-order valence-corrected chi connectivity index (χ2v) is 5.30. The number of aliphatic carboxylic acids is 1. The lowest BCUT2D eigenvalue weighted by molar-refractivity contribution is -0.884. The van der Waals surface area contributed by atoms with Crippen molar-refractivity contribution in [1.29, 1.82) is 0 Å². The molecule has 0 spiro atoms. The summed E-state index contributed by atoms with van der Waals surface area (Å²) in [5, 5.41) is 10.9. The van der Waals surface area contributed by atoms with E-state index < -0.39 is 12.0 Å². The highest BCUT2D eigenvalue weighted by Gasteiger charge is 2.37. The minimum Gasteiger partial charge on any atom is -0.548 e. The van der Waals surface area contributed by atoms with E-state index in [1.165, 1.54) is 4.90 Å². The molecule has 5 nitrogen and oxygen atoms in total. The van der Waals surface area contributed by atoms with Crippen molar-refractivity contribution < 1.29 is 19.2 Å². The standard InChI is InChI=1S/C11H20N2O3/c1-8(13(2,3)4)10(14)12-7-5-6-9(12)11(15)16/h8-9H,5-7H2,1-4H3/t8-,9?/m0/s1. The van der Waals surface area contributed by atoms with E-state index in [2.05, 4.69) is 0 Å². The number of quaternary nitrogens is 1. The first kappa shape index (κ1) is 13.0. The van der Waals surface area contributed by atoms with Crippen LogP contribution in [-0.4, -0.2) is 61.0 Å². The van der Waals surface area contributed by atoms with Gasteiger partial charge in [0.15, 0.2) is 6.04 Å². The summed E-state index contributed by atoms with van der Waals surface area (Å²) < 4.78 is 0.495. The molecule has 0 bridgehead atoms. The third-order valence-electron chi connectivity index (χ3n) is 3.33. The van der Waals surface area contributed by atoms with Crippen LogP contribution in [0.1, 0.15) is 19.8 Å². The lowest BCUT2D eigenvalue weighted by atomic mass is 10.2. The van der Waals surface area contributed by atoms with Gasteiger partial charge < -0.3 is 19.3 Å². The largest absolute Gasteiger partial charge is 0.548 e. The Labute approximate surface area is 96.2 Å².